The lowest BCUT2D eigenvalue weighted by molar-refractivity contribution is 0.332. The molecule has 70 heavy (non-hydrogen) atoms. The molecule has 0 radical (unpaired) electrons. The highest BCUT2D eigenvalue weighted by Gasteiger charge is 2.49. The summed E-state index contributed by atoms with van der Waals surface area (Å²) >= 11 is 1.95. The Morgan fingerprint density at radius 1 is 0.486 bits per heavy atom. The van der Waals surface area contributed by atoms with Crippen LogP contribution in [0.1, 0.15) is 188 Å². The van der Waals surface area contributed by atoms with Gasteiger partial charge < -0.3 is 9.80 Å². The number of rotatable bonds is 3. The Kier molecular flexibility index (Phi) is 8.56. The van der Waals surface area contributed by atoms with E-state index in [2.05, 4.69) is 193 Å². The zero-order chi connectivity index (χ0) is 53.8. The van der Waals surface area contributed by atoms with Gasteiger partial charge in [-0.3, -0.25) is 0 Å². The molecular weight excluding hydrogens is 864 g/mol. The number of thiophene rings is 1. The van der Waals surface area contributed by atoms with Gasteiger partial charge in [0.15, 0.2) is 0 Å². The van der Waals surface area contributed by atoms with Gasteiger partial charge in [-0.2, -0.15) is 0 Å². The van der Waals surface area contributed by atoms with E-state index in [1.54, 1.807) is 0 Å². The fourth-order valence-electron chi connectivity index (χ4n) is 13.5. The average molecular weight is 944 g/mol. The van der Waals surface area contributed by atoms with Gasteiger partial charge in [-0.1, -0.05) is 158 Å². The molecule has 6 aromatic carbocycles. The van der Waals surface area contributed by atoms with E-state index < -0.39 is 0 Å². The van der Waals surface area contributed by atoms with E-state index in [1.165, 1.54) is 70.4 Å². The van der Waals surface area contributed by atoms with Crippen LogP contribution >= 0.6 is 11.3 Å². The van der Waals surface area contributed by atoms with Crippen LogP contribution in [0.25, 0.3) is 21.2 Å². The first-order valence-corrected chi connectivity index (χ1v) is 27.1. The van der Waals surface area contributed by atoms with Gasteiger partial charge >= 0.3 is 0 Å². The molecular formula is C66H75BN2S. The monoisotopic (exact) mass is 944 g/mol. The molecule has 0 fully saturated rings. The van der Waals surface area contributed by atoms with Crippen molar-refractivity contribution < 1.29 is 6.85 Å². The molecule has 4 heteroatoms. The third-order valence-corrected chi connectivity index (χ3v) is 19.7. The summed E-state index contributed by atoms with van der Waals surface area (Å²) in [7, 11) is 0. The fourth-order valence-corrected chi connectivity index (χ4v) is 14.9. The number of nitrogens with zero attached hydrogens (tertiary/aromatic N) is 2. The van der Waals surface area contributed by atoms with Crippen molar-refractivity contribution in [2.24, 2.45) is 0 Å². The number of hydrogen-bond donors (Lipinski definition) is 0. The van der Waals surface area contributed by atoms with Gasteiger partial charge in [-0.05, 0) is 192 Å². The van der Waals surface area contributed by atoms with E-state index in [9.17, 15) is 2.74 Å². The molecule has 358 valence electrons. The molecule has 0 saturated carbocycles. The largest absolute Gasteiger partial charge is 0.311 e. The second-order valence-corrected chi connectivity index (χ2v) is 28.1. The van der Waals surface area contributed by atoms with Gasteiger partial charge in [0.2, 0.25) is 0 Å². The van der Waals surface area contributed by atoms with Crippen LogP contribution in [-0.4, -0.2) is 6.71 Å². The van der Waals surface area contributed by atoms with E-state index in [0.29, 0.717) is 5.56 Å². The van der Waals surface area contributed by atoms with E-state index >= 15 is 0 Å². The minimum absolute atomic E-state index is 0.0188. The van der Waals surface area contributed by atoms with Crippen LogP contribution in [-0.2, 0) is 37.9 Å². The van der Waals surface area contributed by atoms with E-state index in [-0.39, 0.29) is 80.4 Å². The smallest absolute Gasteiger partial charge is 0.264 e. The molecule has 0 atom stereocenters. The van der Waals surface area contributed by atoms with Crippen LogP contribution in [0.2, 0.25) is 0 Å². The first kappa shape index (κ1) is 40.5. The zero-order valence-corrected chi connectivity index (χ0v) is 45.4. The molecule has 0 spiro atoms. The molecule has 0 unspecified atom stereocenters. The minimum Gasteiger partial charge on any atom is -0.311 e. The Hall–Kier alpha value is -5.06. The van der Waals surface area contributed by atoms with Gasteiger partial charge in [-0.25, -0.2) is 0 Å². The average Bonchev–Trinajstić information content (AvgIpc) is 3.74. The Morgan fingerprint density at radius 2 is 0.971 bits per heavy atom. The fraction of sp³-hybridized carbons (Fsp3) is 0.424. The molecule has 0 N–H and O–H groups in total. The summed E-state index contributed by atoms with van der Waals surface area (Å²) in [6.07, 6.45) is 6.62. The maximum Gasteiger partial charge on any atom is 0.264 e. The molecule has 3 aliphatic carbocycles. The van der Waals surface area contributed by atoms with Crippen molar-refractivity contribution >= 4 is 78.0 Å². The summed E-state index contributed by atoms with van der Waals surface area (Å²) in [6.45, 7) is 35.6. The van der Waals surface area contributed by atoms with Crippen molar-refractivity contribution in [1.29, 1.82) is 0 Å². The second kappa shape index (κ2) is 14.8. The van der Waals surface area contributed by atoms with Crippen LogP contribution in [0.4, 0.5) is 34.1 Å². The van der Waals surface area contributed by atoms with Gasteiger partial charge in [0.25, 0.3) is 6.71 Å². The van der Waals surface area contributed by atoms with Crippen molar-refractivity contribution in [3.63, 3.8) is 0 Å². The van der Waals surface area contributed by atoms with E-state index in [0.717, 1.165) is 67.0 Å². The molecule has 5 aliphatic rings. The highest BCUT2D eigenvalue weighted by Crippen LogP contribution is 2.56. The maximum absolute atomic E-state index is 9.55. The maximum atomic E-state index is 9.55. The summed E-state index contributed by atoms with van der Waals surface area (Å²) < 4.78 is 48.5. The molecule has 0 amide bonds. The van der Waals surface area contributed by atoms with Crippen molar-refractivity contribution in [3.8, 4) is 11.1 Å². The Labute approximate surface area is 432 Å². The van der Waals surface area contributed by atoms with Crippen molar-refractivity contribution in [2.45, 2.75) is 180 Å². The standard InChI is InChI=1S/C66H75BN2S/c1-60(2,3)42-21-23-43(24-22-42)69-55-34-41(40-19-17-16-18-20-40)33-54-57(55)67(59-58(69)45-36-48-51(39-56(45)70-59)66(14,15)32-29-63(48,8)9)52-37-49-50(65(12,13)31-30-64(49,10)11)38-53(52)68(54)44-25-26-46-47(35-44)62(6,7)28-27-61(46,4)5/h16-26,33-39H,27-32H2,1-15H3/i16D,17D,18D,19D,20D. The van der Waals surface area contributed by atoms with Crippen molar-refractivity contribution in [3.05, 3.63) is 148 Å². The minimum atomic E-state index is -0.386. The normalized spacial score (nSPS) is 21.5. The predicted octanol–water partition coefficient (Wildman–Crippen LogP) is 17.0. The molecule has 1 aromatic heterocycles. The summed E-state index contributed by atoms with van der Waals surface area (Å²) in [5, 5.41) is 1.24. The van der Waals surface area contributed by atoms with Gasteiger partial charge in [-0.15, -0.1) is 11.3 Å². The van der Waals surface area contributed by atoms with Crippen molar-refractivity contribution in [2.75, 3.05) is 9.80 Å². The van der Waals surface area contributed by atoms with Crippen molar-refractivity contribution in [1.82, 2.24) is 0 Å². The summed E-state index contributed by atoms with van der Waals surface area (Å²) in [5.74, 6) is 0. The van der Waals surface area contributed by atoms with Crippen LogP contribution < -0.4 is 25.5 Å². The van der Waals surface area contributed by atoms with Crippen LogP contribution in [0.3, 0.4) is 0 Å². The highest BCUT2D eigenvalue weighted by molar-refractivity contribution is 7.33. The van der Waals surface area contributed by atoms with Crippen LogP contribution in [0.15, 0.2) is 109 Å². The second-order valence-electron chi connectivity index (χ2n) is 27.0. The number of hydrogen-bond acceptors (Lipinski definition) is 3. The molecule has 2 aliphatic heterocycles. The summed E-state index contributed by atoms with van der Waals surface area (Å²) in [5.41, 5.74) is 19.2. The summed E-state index contributed by atoms with van der Waals surface area (Å²) in [4.78, 5) is 5.01. The zero-order valence-electron chi connectivity index (χ0n) is 49.6. The lowest BCUT2D eigenvalue weighted by Crippen LogP contribution is -2.61. The summed E-state index contributed by atoms with van der Waals surface area (Å²) in [6, 6.07) is 29.5. The number of anilines is 6. The van der Waals surface area contributed by atoms with Crippen LogP contribution in [0, 0.1) is 0 Å². The molecule has 3 heterocycles. The predicted molar refractivity (Wildman–Crippen MR) is 306 cm³/mol. The quantitative estimate of drug-likeness (QED) is 0.163. The SMILES string of the molecule is [2H]c1c([2H])c([2H])c(-c2cc3c4c(c2)N(c2ccc(C(C)(C)C)cc2)c2c(sc5cc6c(cc25)C(C)(C)CCC6(C)C)B4c2cc4c(cc2N3c2ccc3c(c2)C(C)(C)CCC3(C)C)C(C)(C)CCC4(C)C)c([2H])c1[2H]. The third-order valence-electron chi connectivity index (χ3n) is 18.5. The Morgan fingerprint density at radius 3 is 1.54 bits per heavy atom. The lowest BCUT2D eigenvalue weighted by atomic mass is 9.35. The molecule has 12 rings (SSSR count). The van der Waals surface area contributed by atoms with Gasteiger partial charge in [0, 0.05) is 43.3 Å². The number of fused-ring (bicyclic) bond motifs is 9. The van der Waals surface area contributed by atoms with E-state index in [4.69, 9.17) is 4.11 Å². The molecule has 7 aromatic rings. The van der Waals surface area contributed by atoms with Crippen LogP contribution in [0.5, 0.6) is 0 Å². The highest BCUT2D eigenvalue weighted by atomic mass is 32.1. The molecule has 0 saturated heterocycles. The first-order valence-electron chi connectivity index (χ1n) is 28.8. The molecule has 0 bridgehead atoms. The number of benzene rings is 6. The van der Waals surface area contributed by atoms with Gasteiger partial charge in [0.05, 0.1) is 12.5 Å². The molecule has 2 nitrogen and oxygen atoms in total. The third kappa shape index (κ3) is 6.77. The Bertz CT molecular complexity index is 3600. The van der Waals surface area contributed by atoms with E-state index in [1.807, 2.05) is 11.3 Å². The topological polar surface area (TPSA) is 6.48 Å². The Balaban J connectivity index is 1.27. The lowest BCUT2D eigenvalue weighted by Gasteiger charge is -2.47. The first-order chi connectivity index (χ1) is 34.8. The van der Waals surface area contributed by atoms with Gasteiger partial charge in [0.1, 0.15) is 0 Å².